The highest BCUT2D eigenvalue weighted by Gasteiger charge is 2.08. The van der Waals surface area contributed by atoms with Crippen molar-refractivity contribution >= 4 is 23.0 Å². The van der Waals surface area contributed by atoms with Gasteiger partial charge in [0.25, 0.3) is 0 Å². The van der Waals surface area contributed by atoms with E-state index in [4.69, 9.17) is 11.6 Å². The molecule has 1 aromatic carbocycles. The fourth-order valence-electron chi connectivity index (χ4n) is 1.62. The van der Waals surface area contributed by atoms with Crippen LogP contribution in [0.5, 0.6) is 0 Å². The van der Waals surface area contributed by atoms with Crippen molar-refractivity contribution in [2.45, 2.75) is 6.54 Å². The van der Waals surface area contributed by atoms with E-state index in [0.29, 0.717) is 11.6 Å². The van der Waals surface area contributed by atoms with Gasteiger partial charge in [0.2, 0.25) is 0 Å². The van der Waals surface area contributed by atoms with Crippen molar-refractivity contribution in [1.29, 1.82) is 0 Å². The van der Waals surface area contributed by atoms with Crippen LogP contribution in [-0.2, 0) is 6.54 Å². The van der Waals surface area contributed by atoms with Crippen LogP contribution in [0, 0.1) is 10.1 Å². The molecule has 0 atom stereocenters. The van der Waals surface area contributed by atoms with Gasteiger partial charge in [-0.3, -0.25) is 14.7 Å². The molecule has 20 heavy (non-hydrogen) atoms. The number of hydrogen-bond donors (Lipinski definition) is 1. The van der Waals surface area contributed by atoms with Crippen molar-refractivity contribution < 1.29 is 4.92 Å². The van der Waals surface area contributed by atoms with Crippen molar-refractivity contribution in [3.63, 3.8) is 0 Å². The maximum atomic E-state index is 11.5. The molecular weight excluding hydrogens is 284 g/mol. The van der Waals surface area contributed by atoms with Crippen LogP contribution in [-0.4, -0.2) is 21.0 Å². The number of hydrogen-bond acceptors (Lipinski definition) is 5. The highest BCUT2D eigenvalue weighted by atomic mass is 35.5. The zero-order chi connectivity index (χ0) is 14.5. The summed E-state index contributed by atoms with van der Waals surface area (Å²) in [6, 6.07) is 7.13. The Kier molecular flexibility index (Phi) is 4.31. The van der Waals surface area contributed by atoms with Gasteiger partial charge in [0.05, 0.1) is 11.1 Å². The maximum Gasteiger partial charge on any atom is 0.348 e. The Labute approximate surface area is 119 Å². The monoisotopic (exact) mass is 294 g/mol. The minimum absolute atomic E-state index is 0.215. The van der Waals surface area contributed by atoms with E-state index in [1.807, 2.05) is 6.07 Å². The van der Waals surface area contributed by atoms with E-state index in [1.54, 1.807) is 18.2 Å². The van der Waals surface area contributed by atoms with Gasteiger partial charge in [0.1, 0.15) is 6.20 Å². The van der Waals surface area contributed by atoms with Crippen LogP contribution < -0.4 is 11.0 Å². The van der Waals surface area contributed by atoms with E-state index in [-0.39, 0.29) is 12.2 Å². The summed E-state index contributed by atoms with van der Waals surface area (Å²) >= 11 is 5.84. The smallest absolute Gasteiger partial charge is 0.348 e. The van der Waals surface area contributed by atoms with Crippen molar-refractivity contribution in [2.24, 2.45) is 0 Å². The van der Waals surface area contributed by atoms with Crippen molar-refractivity contribution in [3.8, 4) is 0 Å². The molecular formula is C12H11ClN4O3. The molecule has 0 saturated heterocycles. The molecule has 2 aromatic rings. The third-order valence-electron chi connectivity index (χ3n) is 2.56. The van der Waals surface area contributed by atoms with E-state index >= 15 is 0 Å². The Morgan fingerprint density at radius 2 is 2.25 bits per heavy atom. The molecule has 1 N–H and O–H groups in total. The summed E-state index contributed by atoms with van der Waals surface area (Å²) in [6.45, 7) is 0.684. The Morgan fingerprint density at radius 3 is 2.95 bits per heavy atom. The van der Waals surface area contributed by atoms with Crippen LogP contribution in [0.4, 0.5) is 11.4 Å². The first-order valence-electron chi connectivity index (χ1n) is 5.76. The van der Waals surface area contributed by atoms with E-state index in [0.717, 1.165) is 11.9 Å². The SMILES string of the molecule is O=c1ncc([N+](=O)[O-])cn1CCNc1cccc(Cl)c1. The second-order valence-corrected chi connectivity index (χ2v) is 4.42. The standard InChI is InChI=1S/C12H11ClN4O3/c13-9-2-1-3-10(6-9)14-4-5-16-8-11(17(19)20)7-15-12(16)18/h1-3,6-8,14H,4-5H2. The molecule has 0 fully saturated rings. The Balaban J connectivity index is 2.02. The first kappa shape index (κ1) is 14.0. The molecule has 0 radical (unpaired) electrons. The lowest BCUT2D eigenvalue weighted by Gasteiger charge is -2.08. The second kappa shape index (κ2) is 6.16. The quantitative estimate of drug-likeness (QED) is 0.672. The summed E-state index contributed by atoms with van der Waals surface area (Å²) in [4.78, 5) is 25.0. The van der Waals surface area contributed by atoms with Gasteiger partial charge in [-0.05, 0) is 18.2 Å². The van der Waals surface area contributed by atoms with Crippen LogP contribution in [0.3, 0.4) is 0 Å². The van der Waals surface area contributed by atoms with Crippen LogP contribution in [0.1, 0.15) is 0 Å². The number of aromatic nitrogens is 2. The van der Waals surface area contributed by atoms with E-state index in [2.05, 4.69) is 10.3 Å². The molecule has 0 unspecified atom stereocenters. The van der Waals surface area contributed by atoms with Gasteiger partial charge >= 0.3 is 11.4 Å². The van der Waals surface area contributed by atoms with Gasteiger partial charge < -0.3 is 5.32 Å². The minimum Gasteiger partial charge on any atom is -0.383 e. The molecule has 7 nitrogen and oxygen atoms in total. The third-order valence-corrected chi connectivity index (χ3v) is 2.79. The summed E-state index contributed by atoms with van der Waals surface area (Å²) in [5.74, 6) is 0. The summed E-state index contributed by atoms with van der Waals surface area (Å²) in [7, 11) is 0. The number of benzene rings is 1. The van der Waals surface area contributed by atoms with Gasteiger partial charge in [-0.2, -0.15) is 4.98 Å². The van der Waals surface area contributed by atoms with Crippen LogP contribution in [0.2, 0.25) is 5.02 Å². The number of nitro groups is 1. The largest absolute Gasteiger partial charge is 0.383 e. The molecule has 0 aliphatic rings. The molecule has 0 aliphatic carbocycles. The molecule has 0 aliphatic heterocycles. The average Bonchev–Trinajstić information content (AvgIpc) is 2.40. The van der Waals surface area contributed by atoms with Gasteiger partial charge in [0.15, 0.2) is 0 Å². The number of halogens is 1. The van der Waals surface area contributed by atoms with E-state index < -0.39 is 10.6 Å². The molecule has 8 heteroatoms. The van der Waals surface area contributed by atoms with Crippen molar-refractivity contribution in [1.82, 2.24) is 9.55 Å². The molecule has 2 rings (SSSR count). The normalized spacial score (nSPS) is 10.2. The zero-order valence-corrected chi connectivity index (χ0v) is 11.1. The zero-order valence-electron chi connectivity index (χ0n) is 10.3. The molecule has 1 aromatic heterocycles. The first-order valence-corrected chi connectivity index (χ1v) is 6.14. The summed E-state index contributed by atoms with van der Waals surface area (Å²) in [5, 5.41) is 14.3. The lowest BCUT2D eigenvalue weighted by atomic mass is 10.3. The summed E-state index contributed by atoms with van der Waals surface area (Å²) in [6.07, 6.45) is 2.12. The van der Waals surface area contributed by atoms with E-state index in [1.165, 1.54) is 10.8 Å². The number of nitrogens with one attached hydrogen (secondary N) is 1. The summed E-state index contributed by atoms with van der Waals surface area (Å²) < 4.78 is 1.19. The lowest BCUT2D eigenvalue weighted by molar-refractivity contribution is -0.385. The molecule has 1 heterocycles. The maximum absolute atomic E-state index is 11.5. The number of nitrogens with zero attached hydrogens (tertiary/aromatic N) is 3. The fourth-order valence-corrected chi connectivity index (χ4v) is 1.81. The fraction of sp³-hybridized carbons (Fsp3) is 0.167. The minimum atomic E-state index is -0.590. The Morgan fingerprint density at radius 1 is 1.45 bits per heavy atom. The first-order chi connectivity index (χ1) is 9.56. The summed E-state index contributed by atoms with van der Waals surface area (Å²) in [5.41, 5.74) is 0.0692. The van der Waals surface area contributed by atoms with E-state index in [9.17, 15) is 14.9 Å². The predicted molar refractivity (Wildman–Crippen MR) is 75.1 cm³/mol. The topological polar surface area (TPSA) is 90.1 Å². The van der Waals surface area contributed by atoms with Gasteiger partial charge in [0, 0.05) is 23.8 Å². The Hall–Kier alpha value is -2.41. The van der Waals surface area contributed by atoms with Gasteiger partial charge in [-0.15, -0.1) is 0 Å². The number of anilines is 1. The van der Waals surface area contributed by atoms with Crippen LogP contribution >= 0.6 is 11.6 Å². The molecule has 0 amide bonds. The third kappa shape index (κ3) is 3.55. The molecule has 104 valence electrons. The lowest BCUT2D eigenvalue weighted by Crippen LogP contribution is -2.25. The van der Waals surface area contributed by atoms with Crippen molar-refractivity contribution in [2.75, 3.05) is 11.9 Å². The predicted octanol–water partition coefficient (Wildman–Crippen LogP) is 1.92. The second-order valence-electron chi connectivity index (χ2n) is 3.98. The van der Waals surface area contributed by atoms with Crippen molar-refractivity contribution in [3.05, 3.63) is 62.3 Å². The van der Waals surface area contributed by atoms with Gasteiger partial charge in [-0.25, -0.2) is 4.79 Å². The number of rotatable bonds is 5. The molecule has 0 bridgehead atoms. The molecule has 0 spiro atoms. The Bertz CT molecular complexity index is 686. The highest BCUT2D eigenvalue weighted by molar-refractivity contribution is 6.30. The van der Waals surface area contributed by atoms with Crippen LogP contribution in [0.15, 0.2) is 41.5 Å². The van der Waals surface area contributed by atoms with Gasteiger partial charge in [-0.1, -0.05) is 17.7 Å². The average molecular weight is 295 g/mol. The van der Waals surface area contributed by atoms with Crippen LogP contribution in [0.25, 0.3) is 0 Å². The molecule has 0 saturated carbocycles. The highest BCUT2D eigenvalue weighted by Crippen LogP contribution is 2.14.